The maximum Gasteiger partial charge on any atom is 0.160 e. The summed E-state index contributed by atoms with van der Waals surface area (Å²) >= 11 is 1.89. The molecule has 0 saturated heterocycles. The normalized spacial score (nSPS) is 10.5. The van der Waals surface area contributed by atoms with Crippen LogP contribution in [0.15, 0.2) is 47.4 Å². The number of methoxy groups -OCH3 is 1. The Kier molecular flexibility index (Phi) is 5.36. The van der Waals surface area contributed by atoms with Crippen LogP contribution in [0.4, 0.5) is 0 Å². The van der Waals surface area contributed by atoms with E-state index in [-0.39, 0.29) is 5.75 Å². The quantitative estimate of drug-likeness (QED) is 0.629. The van der Waals surface area contributed by atoms with Crippen LogP contribution in [-0.4, -0.2) is 18.0 Å². The summed E-state index contributed by atoms with van der Waals surface area (Å²) in [5.74, 6) is 1.84. The fraction of sp³-hybridized carbons (Fsp3) is 0.294. The highest BCUT2D eigenvalue weighted by atomic mass is 32.2. The summed E-state index contributed by atoms with van der Waals surface area (Å²) in [6, 6.07) is 14.1. The van der Waals surface area contributed by atoms with Crippen LogP contribution in [-0.2, 0) is 6.42 Å². The SMILES string of the molecule is COc1cc(CCCSc2cccc(C)c2)ccc1O. The van der Waals surface area contributed by atoms with Crippen molar-refractivity contribution in [1.82, 2.24) is 0 Å². The molecule has 2 aromatic rings. The topological polar surface area (TPSA) is 29.5 Å². The van der Waals surface area contributed by atoms with Crippen LogP contribution < -0.4 is 4.74 Å². The summed E-state index contributed by atoms with van der Waals surface area (Å²) in [5, 5.41) is 9.55. The Hall–Kier alpha value is -1.61. The molecule has 0 spiro atoms. The summed E-state index contributed by atoms with van der Waals surface area (Å²) < 4.78 is 5.12. The van der Waals surface area contributed by atoms with Crippen molar-refractivity contribution < 1.29 is 9.84 Å². The molecule has 0 atom stereocenters. The molecule has 0 heterocycles. The summed E-state index contributed by atoms with van der Waals surface area (Å²) in [5.41, 5.74) is 2.50. The third kappa shape index (κ3) is 4.20. The van der Waals surface area contributed by atoms with Crippen molar-refractivity contribution >= 4 is 11.8 Å². The molecule has 2 nitrogen and oxygen atoms in total. The summed E-state index contributed by atoms with van der Waals surface area (Å²) in [6.07, 6.45) is 2.10. The Morgan fingerprint density at radius 1 is 1.15 bits per heavy atom. The van der Waals surface area contributed by atoms with Gasteiger partial charge in [0, 0.05) is 4.90 Å². The lowest BCUT2D eigenvalue weighted by Gasteiger charge is -2.07. The van der Waals surface area contributed by atoms with Crippen LogP contribution in [0.5, 0.6) is 11.5 Å². The van der Waals surface area contributed by atoms with E-state index >= 15 is 0 Å². The highest BCUT2D eigenvalue weighted by Gasteiger charge is 2.02. The molecule has 3 heteroatoms. The molecule has 0 aliphatic rings. The van der Waals surface area contributed by atoms with Crippen molar-refractivity contribution in [1.29, 1.82) is 0 Å². The van der Waals surface area contributed by atoms with Crippen LogP contribution in [0.3, 0.4) is 0 Å². The van der Waals surface area contributed by atoms with Gasteiger partial charge in [0.15, 0.2) is 11.5 Å². The molecule has 0 amide bonds. The second-order valence-electron chi connectivity index (χ2n) is 4.77. The first-order valence-corrected chi connectivity index (χ1v) is 7.73. The molecule has 0 aliphatic carbocycles. The molecular formula is C17H20O2S. The van der Waals surface area contributed by atoms with E-state index in [0.29, 0.717) is 5.75 Å². The van der Waals surface area contributed by atoms with E-state index < -0.39 is 0 Å². The zero-order valence-corrected chi connectivity index (χ0v) is 12.7. The lowest BCUT2D eigenvalue weighted by molar-refractivity contribution is 0.373. The molecule has 0 saturated carbocycles. The number of phenolic OH excluding ortho intramolecular Hbond substituents is 1. The number of benzene rings is 2. The number of aryl methyl sites for hydroxylation is 2. The van der Waals surface area contributed by atoms with Gasteiger partial charge in [-0.15, -0.1) is 11.8 Å². The third-order valence-corrected chi connectivity index (χ3v) is 4.19. The Bertz CT molecular complexity index is 567. The van der Waals surface area contributed by atoms with Crippen LogP contribution in [0.2, 0.25) is 0 Å². The predicted molar refractivity (Wildman–Crippen MR) is 84.9 cm³/mol. The summed E-state index contributed by atoms with van der Waals surface area (Å²) in [7, 11) is 1.58. The van der Waals surface area contributed by atoms with Crippen LogP contribution in [0.1, 0.15) is 17.5 Å². The Morgan fingerprint density at radius 2 is 2.00 bits per heavy atom. The Labute approximate surface area is 124 Å². The van der Waals surface area contributed by atoms with Crippen molar-refractivity contribution in [3.63, 3.8) is 0 Å². The average Bonchev–Trinajstić information content (AvgIpc) is 2.45. The van der Waals surface area contributed by atoms with Gasteiger partial charge >= 0.3 is 0 Å². The first-order chi connectivity index (χ1) is 9.69. The smallest absolute Gasteiger partial charge is 0.160 e. The lowest BCUT2D eigenvalue weighted by atomic mass is 10.1. The minimum absolute atomic E-state index is 0.199. The van der Waals surface area contributed by atoms with Crippen molar-refractivity contribution in [2.24, 2.45) is 0 Å². The van der Waals surface area contributed by atoms with Gasteiger partial charge in [0.25, 0.3) is 0 Å². The van der Waals surface area contributed by atoms with E-state index in [1.807, 2.05) is 23.9 Å². The van der Waals surface area contributed by atoms with Crippen LogP contribution in [0.25, 0.3) is 0 Å². The molecule has 0 aromatic heterocycles. The minimum atomic E-state index is 0.199. The fourth-order valence-corrected chi connectivity index (χ4v) is 3.02. The van der Waals surface area contributed by atoms with E-state index in [1.54, 1.807) is 13.2 Å². The lowest BCUT2D eigenvalue weighted by Crippen LogP contribution is -1.90. The van der Waals surface area contributed by atoms with Gasteiger partial charge in [-0.05, 0) is 55.3 Å². The largest absolute Gasteiger partial charge is 0.504 e. The van der Waals surface area contributed by atoms with Gasteiger partial charge in [-0.3, -0.25) is 0 Å². The second-order valence-corrected chi connectivity index (χ2v) is 5.94. The zero-order valence-electron chi connectivity index (χ0n) is 11.9. The van der Waals surface area contributed by atoms with Crippen molar-refractivity contribution in [3.8, 4) is 11.5 Å². The first-order valence-electron chi connectivity index (χ1n) is 6.74. The van der Waals surface area contributed by atoms with Gasteiger partial charge in [-0.2, -0.15) is 0 Å². The maximum atomic E-state index is 9.55. The highest BCUT2D eigenvalue weighted by molar-refractivity contribution is 7.99. The predicted octanol–water partition coefficient (Wildman–Crippen LogP) is 4.43. The van der Waals surface area contributed by atoms with Crippen molar-refractivity contribution in [3.05, 3.63) is 53.6 Å². The van der Waals surface area contributed by atoms with Gasteiger partial charge in [0.05, 0.1) is 7.11 Å². The highest BCUT2D eigenvalue weighted by Crippen LogP contribution is 2.27. The van der Waals surface area contributed by atoms with E-state index in [0.717, 1.165) is 18.6 Å². The molecule has 2 rings (SSSR count). The first kappa shape index (κ1) is 14.8. The molecule has 1 N–H and O–H groups in total. The molecule has 106 valence electrons. The van der Waals surface area contributed by atoms with Crippen molar-refractivity contribution in [2.75, 3.05) is 12.9 Å². The van der Waals surface area contributed by atoms with Gasteiger partial charge in [-0.1, -0.05) is 23.8 Å². The van der Waals surface area contributed by atoms with E-state index in [9.17, 15) is 5.11 Å². The van der Waals surface area contributed by atoms with Gasteiger partial charge in [0.2, 0.25) is 0 Å². The third-order valence-electron chi connectivity index (χ3n) is 3.11. The molecule has 0 aliphatic heterocycles. The Balaban J connectivity index is 1.81. The zero-order chi connectivity index (χ0) is 14.4. The molecular weight excluding hydrogens is 268 g/mol. The molecule has 0 unspecified atom stereocenters. The molecule has 0 fully saturated rings. The number of ether oxygens (including phenoxy) is 1. The molecule has 0 bridgehead atoms. The van der Waals surface area contributed by atoms with E-state index in [2.05, 4.69) is 31.2 Å². The van der Waals surface area contributed by atoms with Crippen LogP contribution >= 0.6 is 11.8 Å². The summed E-state index contributed by atoms with van der Waals surface area (Å²) in [4.78, 5) is 1.33. The summed E-state index contributed by atoms with van der Waals surface area (Å²) in [6.45, 7) is 2.12. The standard InChI is InChI=1S/C17H20O2S/c1-13-5-3-7-15(11-13)20-10-4-6-14-8-9-16(18)17(12-14)19-2/h3,5,7-9,11-12,18H,4,6,10H2,1-2H3. The number of aromatic hydroxyl groups is 1. The van der Waals surface area contributed by atoms with Crippen LogP contribution in [0, 0.1) is 6.92 Å². The van der Waals surface area contributed by atoms with Gasteiger partial charge < -0.3 is 9.84 Å². The van der Waals surface area contributed by atoms with Crippen molar-refractivity contribution in [2.45, 2.75) is 24.7 Å². The number of phenols is 1. The maximum absolute atomic E-state index is 9.55. The minimum Gasteiger partial charge on any atom is -0.504 e. The number of rotatable bonds is 6. The number of thioether (sulfide) groups is 1. The fourth-order valence-electron chi connectivity index (χ4n) is 2.05. The van der Waals surface area contributed by atoms with E-state index in [4.69, 9.17) is 4.74 Å². The number of hydrogen-bond acceptors (Lipinski definition) is 3. The molecule has 0 radical (unpaired) electrons. The average molecular weight is 288 g/mol. The molecule has 2 aromatic carbocycles. The second kappa shape index (κ2) is 7.25. The Morgan fingerprint density at radius 3 is 2.75 bits per heavy atom. The van der Waals surface area contributed by atoms with Gasteiger partial charge in [-0.25, -0.2) is 0 Å². The number of hydrogen-bond donors (Lipinski definition) is 1. The molecule has 20 heavy (non-hydrogen) atoms. The van der Waals surface area contributed by atoms with E-state index in [1.165, 1.54) is 16.0 Å². The van der Waals surface area contributed by atoms with Gasteiger partial charge in [0.1, 0.15) is 0 Å². The monoisotopic (exact) mass is 288 g/mol.